The maximum atomic E-state index is 10.4. The van der Waals surface area contributed by atoms with Gasteiger partial charge in [-0.2, -0.15) is 0 Å². The van der Waals surface area contributed by atoms with Gasteiger partial charge < -0.3 is 15.2 Å². The quantitative estimate of drug-likeness (QED) is 0.873. The van der Waals surface area contributed by atoms with Gasteiger partial charge in [-0.15, -0.1) is 0 Å². The number of methoxy groups -OCH3 is 1. The standard InChI is InChI=1S/C17H20ClNO2/c1-11-5-7-17(21-3)13(8-11)16(20)10-19-15-9-12(2)4-6-14(15)18/h4-9,16,19-20H,10H2,1-3H3. The Morgan fingerprint density at radius 3 is 2.52 bits per heavy atom. The summed E-state index contributed by atoms with van der Waals surface area (Å²) in [6.45, 7) is 4.35. The Balaban J connectivity index is 2.13. The van der Waals surface area contributed by atoms with Gasteiger partial charge >= 0.3 is 0 Å². The second-order valence-electron chi connectivity index (χ2n) is 5.13. The van der Waals surface area contributed by atoms with Crippen molar-refractivity contribution in [1.82, 2.24) is 0 Å². The molecule has 0 heterocycles. The van der Waals surface area contributed by atoms with Gasteiger partial charge in [-0.25, -0.2) is 0 Å². The van der Waals surface area contributed by atoms with Crippen LogP contribution in [0.4, 0.5) is 5.69 Å². The van der Waals surface area contributed by atoms with E-state index in [9.17, 15) is 5.11 Å². The van der Waals surface area contributed by atoms with Crippen LogP contribution in [0.5, 0.6) is 5.75 Å². The SMILES string of the molecule is COc1ccc(C)cc1C(O)CNc1cc(C)ccc1Cl. The minimum absolute atomic E-state index is 0.364. The van der Waals surface area contributed by atoms with E-state index in [-0.39, 0.29) is 0 Å². The number of halogens is 1. The van der Waals surface area contributed by atoms with Gasteiger partial charge in [-0.05, 0) is 43.7 Å². The number of nitrogens with one attached hydrogen (secondary N) is 1. The summed E-state index contributed by atoms with van der Waals surface area (Å²) in [7, 11) is 1.60. The number of hydrogen-bond donors (Lipinski definition) is 2. The lowest BCUT2D eigenvalue weighted by molar-refractivity contribution is 0.187. The number of anilines is 1. The summed E-state index contributed by atoms with van der Waals surface area (Å²) in [5.74, 6) is 0.685. The highest BCUT2D eigenvalue weighted by Crippen LogP contribution is 2.28. The fourth-order valence-corrected chi connectivity index (χ4v) is 2.39. The van der Waals surface area contributed by atoms with E-state index in [1.807, 2.05) is 50.2 Å². The normalized spacial score (nSPS) is 12.0. The second kappa shape index (κ2) is 6.83. The zero-order valence-corrected chi connectivity index (χ0v) is 13.2. The number of ether oxygens (including phenoxy) is 1. The molecule has 0 aliphatic rings. The number of aryl methyl sites for hydroxylation is 2. The number of aliphatic hydroxyl groups is 1. The Hall–Kier alpha value is -1.71. The summed E-state index contributed by atoms with van der Waals surface area (Å²) >= 11 is 6.14. The molecule has 0 spiro atoms. The van der Waals surface area contributed by atoms with Crippen LogP contribution in [0.3, 0.4) is 0 Å². The van der Waals surface area contributed by atoms with Crippen molar-refractivity contribution in [3.63, 3.8) is 0 Å². The molecule has 0 saturated carbocycles. The summed E-state index contributed by atoms with van der Waals surface area (Å²) in [6, 6.07) is 11.5. The molecule has 0 radical (unpaired) electrons. The number of benzene rings is 2. The van der Waals surface area contributed by atoms with E-state index in [0.29, 0.717) is 17.3 Å². The van der Waals surface area contributed by atoms with Crippen LogP contribution in [-0.2, 0) is 0 Å². The van der Waals surface area contributed by atoms with Crippen LogP contribution in [0.2, 0.25) is 5.02 Å². The van der Waals surface area contributed by atoms with Crippen LogP contribution in [-0.4, -0.2) is 18.8 Å². The smallest absolute Gasteiger partial charge is 0.124 e. The molecule has 4 heteroatoms. The highest BCUT2D eigenvalue weighted by atomic mass is 35.5. The summed E-state index contributed by atoms with van der Waals surface area (Å²) in [4.78, 5) is 0. The van der Waals surface area contributed by atoms with Gasteiger partial charge in [0, 0.05) is 12.1 Å². The van der Waals surface area contributed by atoms with Crippen LogP contribution in [0.15, 0.2) is 36.4 Å². The molecule has 0 amide bonds. The molecule has 0 saturated heterocycles. The van der Waals surface area contributed by atoms with Crippen molar-refractivity contribution in [2.75, 3.05) is 19.0 Å². The predicted octanol–water partition coefficient (Wildman–Crippen LogP) is 4.11. The molecule has 1 unspecified atom stereocenters. The molecule has 1 atom stereocenters. The van der Waals surface area contributed by atoms with E-state index in [2.05, 4.69) is 5.32 Å². The first kappa shape index (κ1) is 15.7. The lowest BCUT2D eigenvalue weighted by Gasteiger charge is -2.17. The van der Waals surface area contributed by atoms with Crippen LogP contribution >= 0.6 is 11.6 Å². The molecule has 0 aromatic heterocycles. The summed E-state index contributed by atoms with van der Waals surface area (Å²) in [5.41, 5.74) is 3.79. The molecule has 0 aliphatic carbocycles. The monoisotopic (exact) mass is 305 g/mol. The number of aliphatic hydroxyl groups excluding tert-OH is 1. The molecule has 2 N–H and O–H groups in total. The minimum atomic E-state index is -0.670. The third-order valence-electron chi connectivity index (χ3n) is 3.35. The van der Waals surface area contributed by atoms with Crippen molar-refractivity contribution in [2.45, 2.75) is 20.0 Å². The van der Waals surface area contributed by atoms with E-state index >= 15 is 0 Å². The van der Waals surface area contributed by atoms with Crippen molar-refractivity contribution >= 4 is 17.3 Å². The molecular weight excluding hydrogens is 286 g/mol. The Morgan fingerprint density at radius 2 is 1.81 bits per heavy atom. The highest BCUT2D eigenvalue weighted by Gasteiger charge is 2.14. The van der Waals surface area contributed by atoms with E-state index in [1.54, 1.807) is 7.11 Å². The Morgan fingerprint density at radius 1 is 1.14 bits per heavy atom. The maximum absolute atomic E-state index is 10.4. The van der Waals surface area contributed by atoms with Crippen molar-refractivity contribution in [3.05, 3.63) is 58.1 Å². The first-order valence-corrected chi connectivity index (χ1v) is 7.21. The van der Waals surface area contributed by atoms with Crippen LogP contribution in [0, 0.1) is 13.8 Å². The third-order valence-corrected chi connectivity index (χ3v) is 3.68. The van der Waals surface area contributed by atoms with Crippen molar-refractivity contribution in [1.29, 1.82) is 0 Å². The third kappa shape index (κ3) is 3.90. The van der Waals surface area contributed by atoms with Crippen molar-refractivity contribution < 1.29 is 9.84 Å². The molecule has 0 bridgehead atoms. The van der Waals surface area contributed by atoms with Crippen molar-refractivity contribution in [3.8, 4) is 5.75 Å². The average Bonchev–Trinajstić information content (AvgIpc) is 2.47. The van der Waals surface area contributed by atoms with Gasteiger partial charge in [-0.1, -0.05) is 29.3 Å². The molecule has 2 aromatic carbocycles. The summed E-state index contributed by atoms with van der Waals surface area (Å²) in [5, 5.41) is 14.2. The molecule has 112 valence electrons. The summed E-state index contributed by atoms with van der Waals surface area (Å²) in [6.07, 6.45) is -0.670. The van der Waals surface area contributed by atoms with Crippen LogP contribution in [0.1, 0.15) is 22.8 Å². The van der Waals surface area contributed by atoms with Crippen LogP contribution in [0.25, 0.3) is 0 Å². The highest BCUT2D eigenvalue weighted by molar-refractivity contribution is 6.33. The first-order valence-electron chi connectivity index (χ1n) is 6.84. The zero-order chi connectivity index (χ0) is 15.4. The van der Waals surface area contributed by atoms with E-state index in [4.69, 9.17) is 16.3 Å². The zero-order valence-electron chi connectivity index (χ0n) is 12.5. The van der Waals surface area contributed by atoms with Gasteiger partial charge in [0.25, 0.3) is 0 Å². The molecule has 3 nitrogen and oxygen atoms in total. The number of rotatable bonds is 5. The van der Waals surface area contributed by atoms with Crippen LogP contribution < -0.4 is 10.1 Å². The maximum Gasteiger partial charge on any atom is 0.124 e. The Kier molecular flexibility index (Phi) is 5.10. The lowest BCUT2D eigenvalue weighted by Crippen LogP contribution is -2.13. The second-order valence-corrected chi connectivity index (χ2v) is 5.53. The van der Waals surface area contributed by atoms with Gasteiger partial charge in [-0.3, -0.25) is 0 Å². The fraction of sp³-hybridized carbons (Fsp3) is 0.294. The van der Waals surface area contributed by atoms with Gasteiger partial charge in [0.1, 0.15) is 5.75 Å². The molecule has 2 aromatic rings. The van der Waals surface area contributed by atoms with Gasteiger partial charge in [0.2, 0.25) is 0 Å². The molecular formula is C17H20ClNO2. The Labute approximate surface area is 130 Å². The minimum Gasteiger partial charge on any atom is -0.496 e. The van der Waals surface area contributed by atoms with E-state index < -0.39 is 6.10 Å². The van der Waals surface area contributed by atoms with Gasteiger partial charge in [0.05, 0.1) is 23.9 Å². The first-order chi connectivity index (χ1) is 10.0. The van der Waals surface area contributed by atoms with E-state index in [1.165, 1.54) is 0 Å². The largest absolute Gasteiger partial charge is 0.496 e. The Bertz CT molecular complexity index is 628. The fourth-order valence-electron chi connectivity index (χ4n) is 2.21. The van der Waals surface area contributed by atoms with Gasteiger partial charge in [0.15, 0.2) is 0 Å². The number of hydrogen-bond acceptors (Lipinski definition) is 3. The molecule has 0 aliphatic heterocycles. The molecule has 2 rings (SSSR count). The lowest BCUT2D eigenvalue weighted by atomic mass is 10.0. The summed E-state index contributed by atoms with van der Waals surface area (Å²) < 4.78 is 5.30. The molecule has 0 fully saturated rings. The molecule has 21 heavy (non-hydrogen) atoms. The van der Waals surface area contributed by atoms with E-state index in [0.717, 1.165) is 22.4 Å². The average molecular weight is 306 g/mol. The van der Waals surface area contributed by atoms with Crippen molar-refractivity contribution in [2.24, 2.45) is 0 Å². The predicted molar refractivity (Wildman–Crippen MR) is 87.4 cm³/mol. The topological polar surface area (TPSA) is 41.5 Å².